The van der Waals surface area contributed by atoms with Crippen molar-refractivity contribution >= 4 is 11.6 Å². The van der Waals surface area contributed by atoms with Crippen molar-refractivity contribution in [2.24, 2.45) is 5.10 Å². The summed E-state index contributed by atoms with van der Waals surface area (Å²) in [6, 6.07) is 15.5. The fraction of sp³-hybridized carbons (Fsp3) is 0.190. The van der Waals surface area contributed by atoms with Gasteiger partial charge in [-0.25, -0.2) is 10.1 Å². The monoisotopic (exact) mass is 360 g/mol. The molecule has 4 rings (SSSR count). The minimum absolute atomic E-state index is 0.0549. The molecule has 0 atom stereocenters. The molecule has 0 aliphatic carbocycles. The van der Waals surface area contributed by atoms with E-state index in [1.165, 1.54) is 0 Å². The van der Waals surface area contributed by atoms with Gasteiger partial charge in [-0.15, -0.1) is 0 Å². The first-order chi connectivity index (χ1) is 13.0. The molecule has 1 aliphatic heterocycles. The topological polar surface area (TPSA) is 79.2 Å². The van der Waals surface area contributed by atoms with Crippen LogP contribution in [0, 0.1) is 13.8 Å². The van der Waals surface area contributed by atoms with Crippen molar-refractivity contribution in [2.75, 3.05) is 0 Å². The summed E-state index contributed by atoms with van der Waals surface area (Å²) in [7, 11) is 0. The Morgan fingerprint density at radius 3 is 2.19 bits per heavy atom. The van der Waals surface area contributed by atoms with E-state index >= 15 is 0 Å². The summed E-state index contributed by atoms with van der Waals surface area (Å²) in [5.41, 5.74) is 8.96. The lowest BCUT2D eigenvalue weighted by atomic mass is 10.0. The molecule has 6 nitrogen and oxygen atoms in total. The van der Waals surface area contributed by atoms with Crippen LogP contribution < -0.4 is 11.0 Å². The zero-order chi connectivity index (χ0) is 19.0. The molecule has 0 bridgehead atoms. The molecule has 0 spiro atoms. The van der Waals surface area contributed by atoms with Crippen molar-refractivity contribution in [2.45, 2.75) is 26.7 Å². The molecule has 2 heterocycles. The second-order valence-corrected chi connectivity index (χ2v) is 6.86. The molecular formula is C21H20N4O2. The van der Waals surface area contributed by atoms with Crippen molar-refractivity contribution < 1.29 is 4.79 Å². The predicted molar refractivity (Wildman–Crippen MR) is 105 cm³/mol. The Morgan fingerprint density at radius 1 is 0.889 bits per heavy atom. The summed E-state index contributed by atoms with van der Waals surface area (Å²) in [5, 5.41) is 7.30. The van der Waals surface area contributed by atoms with Gasteiger partial charge >= 0.3 is 0 Å². The number of hydrogen-bond donors (Lipinski definition) is 2. The lowest BCUT2D eigenvalue weighted by molar-refractivity contribution is -0.121. The van der Waals surface area contributed by atoms with Crippen molar-refractivity contribution in [3.8, 4) is 16.9 Å². The normalized spacial score (nSPS) is 14.0. The number of nitrogens with one attached hydrogen (secondary N) is 2. The van der Waals surface area contributed by atoms with Crippen LogP contribution in [0.1, 0.15) is 29.5 Å². The van der Waals surface area contributed by atoms with Crippen LogP contribution in [0.3, 0.4) is 0 Å². The second kappa shape index (κ2) is 6.72. The number of carbonyl (C=O) groups is 1. The molecule has 1 aromatic heterocycles. The quantitative estimate of drug-likeness (QED) is 0.753. The molecule has 0 radical (unpaired) electrons. The van der Waals surface area contributed by atoms with E-state index in [4.69, 9.17) is 0 Å². The summed E-state index contributed by atoms with van der Waals surface area (Å²) in [6.07, 6.45) is 1.08. The average molecular weight is 360 g/mol. The van der Waals surface area contributed by atoms with E-state index in [1.807, 2.05) is 50.2 Å². The summed E-state index contributed by atoms with van der Waals surface area (Å²) in [4.78, 5) is 23.7. The highest BCUT2D eigenvalue weighted by Crippen LogP contribution is 2.20. The number of rotatable bonds is 3. The first-order valence-corrected chi connectivity index (χ1v) is 8.86. The number of nitrogens with zero attached hydrogens (tertiary/aromatic N) is 2. The maximum absolute atomic E-state index is 12.5. The Labute approximate surface area is 156 Å². The fourth-order valence-corrected chi connectivity index (χ4v) is 3.34. The molecule has 2 aromatic carbocycles. The number of amides is 1. The van der Waals surface area contributed by atoms with Gasteiger partial charge in [-0.2, -0.15) is 5.10 Å². The van der Waals surface area contributed by atoms with E-state index in [2.05, 4.69) is 21.7 Å². The highest BCUT2D eigenvalue weighted by atomic mass is 16.2. The molecule has 1 aliphatic rings. The third-order valence-electron chi connectivity index (χ3n) is 4.62. The van der Waals surface area contributed by atoms with Gasteiger partial charge in [-0.05, 0) is 48.2 Å². The number of aryl methyl sites for hydroxylation is 2. The van der Waals surface area contributed by atoms with Gasteiger partial charge in [0.25, 0.3) is 5.56 Å². The van der Waals surface area contributed by atoms with Crippen LogP contribution in [-0.2, 0) is 4.79 Å². The average Bonchev–Trinajstić information content (AvgIpc) is 3.03. The number of aromatic amines is 1. The summed E-state index contributed by atoms with van der Waals surface area (Å²) in [5.74, 6) is -0.0549. The molecule has 27 heavy (non-hydrogen) atoms. The number of hydrazone groups is 1. The van der Waals surface area contributed by atoms with Crippen molar-refractivity contribution in [3.63, 3.8) is 0 Å². The molecule has 0 saturated carbocycles. The van der Waals surface area contributed by atoms with Gasteiger partial charge in [-0.1, -0.05) is 30.3 Å². The smallest absolute Gasteiger partial charge is 0.271 e. The van der Waals surface area contributed by atoms with Crippen LogP contribution in [0.2, 0.25) is 0 Å². The fourth-order valence-electron chi connectivity index (χ4n) is 3.34. The van der Waals surface area contributed by atoms with Gasteiger partial charge in [0, 0.05) is 18.9 Å². The number of hydrogen-bond acceptors (Lipinski definition) is 3. The van der Waals surface area contributed by atoms with Crippen molar-refractivity contribution in [3.05, 3.63) is 75.6 Å². The van der Waals surface area contributed by atoms with Gasteiger partial charge in [0.15, 0.2) is 0 Å². The van der Waals surface area contributed by atoms with Gasteiger partial charge in [-0.3, -0.25) is 14.7 Å². The first-order valence-electron chi connectivity index (χ1n) is 8.86. The minimum Gasteiger partial charge on any atom is -0.290 e. The number of benzene rings is 2. The zero-order valence-electron chi connectivity index (χ0n) is 15.2. The molecule has 0 fully saturated rings. The van der Waals surface area contributed by atoms with E-state index in [0.717, 1.165) is 39.3 Å². The molecular weight excluding hydrogens is 340 g/mol. The van der Waals surface area contributed by atoms with E-state index in [0.29, 0.717) is 12.8 Å². The summed E-state index contributed by atoms with van der Waals surface area (Å²) in [6.45, 7) is 4.03. The SMILES string of the molecule is Cc1cc(C)cc(-n2[nH]c(-c3ccc(C4=NNC(=O)CC4)cc3)cc2=O)c1. The largest absolute Gasteiger partial charge is 0.290 e. The van der Waals surface area contributed by atoms with Gasteiger partial charge in [0.05, 0.1) is 17.1 Å². The maximum atomic E-state index is 12.5. The third-order valence-corrected chi connectivity index (χ3v) is 4.62. The first kappa shape index (κ1) is 17.0. The number of H-pyrrole nitrogens is 1. The molecule has 6 heteroatoms. The Hall–Kier alpha value is -3.41. The molecule has 3 aromatic rings. The highest BCUT2D eigenvalue weighted by molar-refractivity contribution is 6.04. The summed E-state index contributed by atoms with van der Waals surface area (Å²) >= 11 is 0. The van der Waals surface area contributed by atoms with Crippen LogP contribution in [-0.4, -0.2) is 21.4 Å². The van der Waals surface area contributed by atoms with E-state index in [9.17, 15) is 9.59 Å². The van der Waals surface area contributed by atoms with E-state index < -0.39 is 0 Å². The van der Waals surface area contributed by atoms with Crippen LogP contribution in [0.5, 0.6) is 0 Å². The molecule has 2 N–H and O–H groups in total. The van der Waals surface area contributed by atoms with Gasteiger partial charge in [0.1, 0.15) is 0 Å². The van der Waals surface area contributed by atoms with E-state index in [-0.39, 0.29) is 11.5 Å². The van der Waals surface area contributed by atoms with E-state index in [1.54, 1.807) is 10.7 Å². The Bertz CT molecular complexity index is 1080. The van der Waals surface area contributed by atoms with Crippen molar-refractivity contribution in [1.82, 2.24) is 15.2 Å². The van der Waals surface area contributed by atoms with Crippen LogP contribution in [0.25, 0.3) is 16.9 Å². The highest BCUT2D eigenvalue weighted by Gasteiger charge is 2.14. The van der Waals surface area contributed by atoms with Crippen LogP contribution in [0.15, 0.2) is 58.4 Å². The Morgan fingerprint density at radius 2 is 1.56 bits per heavy atom. The molecule has 0 unspecified atom stereocenters. The van der Waals surface area contributed by atoms with Gasteiger partial charge < -0.3 is 0 Å². The van der Waals surface area contributed by atoms with Crippen LogP contribution in [0.4, 0.5) is 0 Å². The predicted octanol–water partition coefficient (Wildman–Crippen LogP) is 3.06. The summed E-state index contributed by atoms with van der Waals surface area (Å²) < 4.78 is 1.56. The third kappa shape index (κ3) is 3.46. The second-order valence-electron chi connectivity index (χ2n) is 6.86. The Balaban J connectivity index is 1.65. The lowest BCUT2D eigenvalue weighted by Crippen LogP contribution is -2.25. The lowest BCUT2D eigenvalue weighted by Gasteiger charge is -2.12. The number of carbonyl (C=O) groups excluding carboxylic acids is 1. The molecule has 1 amide bonds. The Kier molecular flexibility index (Phi) is 4.24. The van der Waals surface area contributed by atoms with Crippen LogP contribution >= 0.6 is 0 Å². The standard InChI is InChI=1S/C21H20N4O2/c1-13-9-14(2)11-17(10-13)25-21(27)12-19(24-25)16-5-3-15(4-6-16)18-7-8-20(26)23-22-18/h3-6,9-12,24H,7-8H2,1-2H3,(H,23,26). The van der Waals surface area contributed by atoms with Crippen molar-refractivity contribution in [1.29, 1.82) is 0 Å². The van der Waals surface area contributed by atoms with Gasteiger partial charge in [0.2, 0.25) is 5.91 Å². The number of aromatic nitrogens is 2. The molecule has 136 valence electrons. The zero-order valence-corrected chi connectivity index (χ0v) is 15.2. The minimum atomic E-state index is -0.0987. The maximum Gasteiger partial charge on any atom is 0.271 e. The molecule has 0 saturated heterocycles.